The van der Waals surface area contributed by atoms with Crippen molar-refractivity contribution >= 4 is 34.5 Å². The lowest BCUT2D eigenvalue weighted by Crippen LogP contribution is -1.87. The van der Waals surface area contributed by atoms with E-state index in [0.29, 0.717) is 0 Å². The van der Waals surface area contributed by atoms with E-state index < -0.39 is 0 Å². The first-order valence-corrected chi connectivity index (χ1v) is 7.79. The zero-order valence-corrected chi connectivity index (χ0v) is 12.8. The van der Waals surface area contributed by atoms with Gasteiger partial charge in [0.1, 0.15) is 0 Å². The van der Waals surface area contributed by atoms with E-state index in [1.54, 1.807) is 11.3 Å². The lowest BCUT2D eigenvalue weighted by Gasteiger charge is -1.98. The summed E-state index contributed by atoms with van der Waals surface area (Å²) in [6.45, 7) is 0. The van der Waals surface area contributed by atoms with Crippen LogP contribution in [0.25, 0.3) is 11.3 Å². The fourth-order valence-electron chi connectivity index (χ4n) is 1.92. The Balaban J connectivity index is 1.80. The molecule has 0 saturated heterocycles. The van der Waals surface area contributed by atoms with Crippen molar-refractivity contribution in [2.45, 2.75) is 6.42 Å². The molecule has 2 aromatic carbocycles. The molecule has 4 heteroatoms. The molecule has 1 nitrogen and oxygen atoms in total. The highest BCUT2D eigenvalue weighted by molar-refractivity contribution is 7.10. The average Bonchev–Trinajstić information content (AvgIpc) is 2.91. The highest BCUT2D eigenvalue weighted by Crippen LogP contribution is 2.25. The highest BCUT2D eigenvalue weighted by Gasteiger charge is 2.05. The zero-order chi connectivity index (χ0) is 13.9. The van der Waals surface area contributed by atoms with Gasteiger partial charge < -0.3 is 0 Å². The number of aromatic nitrogens is 1. The smallest absolute Gasteiger partial charge is 0.0976 e. The van der Waals surface area contributed by atoms with E-state index in [4.69, 9.17) is 23.2 Å². The number of hydrogen-bond acceptors (Lipinski definition) is 2. The first-order chi connectivity index (χ1) is 9.70. The van der Waals surface area contributed by atoms with Crippen molar-refractivity contribution in [3.63, 3.8) is 0 Å². The van der Waals surface area contributed by atoms with Gasteiger partial charge in [-0.25, -0.2) is 4.98 Å². The monoisotopic (exact) mass is 319 g/mol. The number of thiazole rings is 1. The number of halogens is 2. The van der Waals surface area contributed by atoms with E-state index >= 15 is 0 Å². The van der Waals surface area contributed by atoms with Crippen LogP contribution in [-0.2, 0) is 6.42 Å². The van der Waals surface area contributed by atoms with Crippen LogP contribution in [0.4, 0.5) is 0 Å². The molecule has 0 saturated carbocycles. The van der Waals surface area contributed by atoms with Gasteiger partial charge in [-0.1, -0.05) is 47.5 Å². The molecule has 1 aromatic heterocycles. The van der Waals surface area contributed by atoms with Gasteiger partial charge in [0.15, 0.2) is 0 Å². The molecular formula is C16H11Cl2NS. The Hall–Kier alpha value is -1.35. The molecule has 1 heterocycles. The van der Waals surface area contributed by atoms with Gasteiger partial charge in [-0.2, -0.15) is 0 Å². The van der Waals surface area contributed by atoms with E-state index in [-0.39, 0.29) is 0 Å². The third-order valence-electron chi connectivity index (χ3n) is 2.96. The summed E-state index contributed by atoms with van der Waals surface area (Å²) in [5.74, 6) is 0. The van der Waals surface area contributed by atoms with E-state index in [0.717, 1.165) is 32.7 Å². The van der Waals surface area contributed by atoms with Crippen LogP contribution in [0.1, 0.15) is 10.6 Å². The molecule has 0 spiro atoms. The molecule has 0 amide bonds. The quantitative estimate of drug-likeness (QED) is 0.602. The van der Waals surface area contributed by atoms with Crippen LogP contribution < -0.4 is 0 Å². The van der Waals surface area contributed by atoms with Crippen LogP contribution in [0.2, 0.25) is 10.0 Å². The van der Waals surface area contributed by atoms with Gasteiger partial charge in [-0.15, -0.1) is 11.3 Å². The van der Waals surface area contributed by atoms with Crippen molar-refractivity contribution in [1.82, 2.24) is 4.98 Å². The lowest BCUT2D eigenvalue weighted by atomic mass is 10.1. The maximum Gasteiger partial charge on any atom is 0.0976 e. The first-order valence-electron chi connectivity index (χ1n) is 6.15. The predicted molar refractivity (Wildman–Crippen MR) is 86.8 cm³/mol. The maximum absolute atomic E-state index is 5.90. The first kappa shape index (κ1) is 13.6. The van der Waals surface area contributed by atoms with Crippen LogP contribution in [0.15, 0.2) is 53.9 Å². The Bertz CT molecular complexity index is 702. The fraction of sp³-hybridized carbons (Fsp3) is 0.0625. The van der Waals surface area contributed by atoms with Crippen molar-refractivity contribution in [3.8, 4) is 11.3 Å². The molecule has 0 unspecified atom stereocenters. The molecule has 0 N–H and O–H groups in total. The summed E-state index contributed by atoms with van der Waals surface area (Å²) >= 11 is 13.5. The minimum Gasteiger partial charge on any atom is -0.241 e. The van der Waals surface area contributed by atoms with Crippen LogP contribution in [0.5, 0.6) is 0 Å². The number of benzene rings is 2. The molecular weight excluding hydrogens is 309 g/mol. The summed E-state index contributed by atoms with van der Waals surface area (Å²) in [7, 11) is 0. The second-order valence-electron chi connectivity index (χ2n) is 4.44. The van der Waals surface area contributed by atoms with Crippen molar-refractivity contribution in [1.29, 1.82) is 0 Å². The molecule has 0 radical (unpaired) electrons. The van der Waals surface area contributed by atoms with E-state index in [1.807, 2.05) is 48.5 Å². The molecule has 20 heavy (non-hydrogen) atoms. The molecule has 0 bridgehead atoms. The molecule has 0 aliphatic rings. The van der Waals surface area contributed by atoms with E-state index in [2.05, 4.69) is 10.4 Å². The average molecular weight is 320 g/mol. The van der Waals surface area contributed by atoms with Crippen molar-refractivity contribution in [2.24, 2.45) is 0 Å². The summed E-state index contributed by atoms with van der Waals surface area (Å²) < 4.78 is 0. The number of nitrogens with zero attached hydrogens (tertiary/aromatic N) is 1. The molecule has 3 rings (SSSR count). The van der Waals surface area contributed by atoms with Gasteiger partial charge in [-0.3, -0.25) is 0 Å². The van der Waals surface area contributed by atoms with Crippen LogP contribution >= 0.6 is 34.5 Å². The standard InChI is InChI=1S/C16H11Cl2NS/c17-13-5-1-11(2-6-13)9-16-19-15(10-20-16)12-3-7-14(18)8-4-12/h1-8,10H,9H2. The van der Waals surface area contributed by atoms with Crippen molar-refractivity contribution in [2.75, 3.05) is 0 Å². The van der Waals surface area contributed by atoms with E-state index in [9.17, 15) is 0 Å². The van der Waals surface area contributed by atoms with Gasteiger partial charge >= 0.3 is 0 Å². The Kier molecular flexibility index (Phi) is 4.06. The topological polar surface area (TPSA) is 12.9 Å². The summed E-state index contributed by atoms with van der Waals surface area (Å²) in [4.78, 5) is 4.67. The van der Waals surface area contributed by atoms with Gasteiger partial charge in [0, 0.05) is 27.4 Å². The number of hydrogen-bond donors (Lipinski definition) is 0. The van der Waals surface area contributed by atoms with Gasteiger partial charge in [-0.05, 0) is 29.8 Å². The van der Waals surface area contributed by atoms with Crippen LogP contribution in [0.3, 0.4) is 0 Å². The largest absolute Gasteiger partial charge is 0.241 e. The summed E-state index contributed by atoms with van der Waals surface area (Å²) in [6, 6.07) is 15.6. The van der Waals surface area contributed by atoms with E-state index in [1.165, 1.54) is 5.56 Å². The normalized spacial score (nSPS) is 10.7. The highest BCUT2D eigenvalue weighted by atomic mass is 35.5. The van der Waals surface area contributed by atoms with Gasteiger partial charge in [0.25, 0.3) is 0 Å². The van der Waals surface area contributed by atoms with Crippen molar-refractivity contribution < 1.29 is 0 Å². The molecule has 0 atom stereocenters. The third kappa shape index (κ3) is 3.21. The predicted octanol–water partition coefficient (Wildman–Crippen LogP) is 5.71. The SMILES string of the molecule is Clc1ccc(Cc2nc(-c3ccc(Cl)cc3)cs2)cc1. The molecule has 100 valence electrons. The molecule has 0 fully saturated rings. The van der Waals surface area contributed by atoms with Crippen LogP contribution in [-0.4, -0.2) is 4.98 Å². The third-order valence-corrected chi connectivity index (χ3v) is 4.31. The minimum atomic E-state index is 0.741. The second-order valence-corrected chi connectivity index (χ2v) is 6.25. The Morgan fingerprint density at radius 1 is 0.850 bits per heavy atom. The Labute approximate surface area is 131 Å². The maximum atomic E-state index is 5.90. The lowest BCUT2D eigenvalue weighted by molar-refractivity contribution is 1.14. The summed E-state index contributed by atoms with van der Waals surface area (Å²) in [5.41, 5.74) is 3.30. The summed E-state index contributed by atoms with van der Waals surface area (Å²) in [6.07, 6.45) is 0.829. The zero-order valence-electron chi connectivity index (χ0n) is 10.5. The van der Waals surface area contributed by atoms with Gasteiger partial charge in [0.2, 0.25) is 0 Å². The number of rotatable bonds is 3. The van der Waals surface area contributed by atoms with Crippen LogP contribution in [0, 0.1) is 0 Å². The molecule has 0 aliphatic carbocycles. The van der Waals surface area contributed by atoms with Crippen molar-refractivity contribution in [3.05, 3.63) is 74.5 Å². The fourth-order valence-corrected chi connectivity index (χ4v) is 3.01. The second kappa shape index (κ2) is 5.96. The Morgan fingerprint density at radius 2 is 1.45 bits per heavy atom. The molecule has 3 aromatic rings. The molecule has 0 aliphatic heterocycles. The summed E-state index contributed by atoms with van der Waals surface area (Å²) in [5, 5.41) is 4.67. The van der Waals surface area contributed by atoms with Gasteiger partial charge in [0.05, 0.1) is 10.7 Å². The Morgan fingerprint density at radius 3 is 2.10 bits per heavy atom. The minimum absolute atomic E-state index is 0.741.